The number of thiazole rings is 1. The number of hydrogen-bond acceptors (Lipinski definition) is 4. The van der Waals surface area contributed by atoms with Crippen molar-refractivity contribution in [1.29, 1.82) is 0 Å². The van der Waals surface area contributed by atoms with Crippen LogP contribution in [0.5, 0.6) is 0 Å². The Bertz CT molecular complexity index is 762. The van der Waals surface area contributed by atoms with Crippen LogP contribution in [0, 0.1) is 6.92 Å². The molecule has 0 spiro atoms. The molecular formula is C15H17ClN4S. The SMILES string of the molecule is CCc1cnc(Cn2c(CCCl)nc3cc(C)cnc32)s1. The molecule has 4 nitrogen and oxygen atoms in total. The van der Waals surface area contributed by atoms with Crippen molar-refractivity contribution in [3.8, 4) is 0 Å². The van der Waals surface area contributed by atoms with E-state index >= 15 is 0 Å². The van der Waals surface area contributed by atoms with E-state index in [4.69, 9.17) is 11.6 Å². The highest BCUT2D eigenvalue weighted by Gasteiger charge is 2.13. The molecule has 0 amide bonds. The van der Waals surface area contributed by atoms with Crippen LogP contribution < -0.4 is 0 Å². The van der Waals surface area contributed by atoms with Crippen molar-refractivity contribution >= 4 is 34.1 Å². The molecule has 3 rings (SSSR count). The minimum absolute atomic E-state index is 0.556. The molecule has 0 unspecified atom stereocenters. The predicted molar refractivity (Wildman–Crippen MR) is 87.3 cm³/mol. The number of fused-ring (bicyclic) bond motifs is 1. The van der Waals surface area contributed by atoms with Crippen molar-refractivity contribution in [2.45, 2.75) is 33.2 Å². The van der Waals surface area contributed by atoms with Crippen LogP contribution in [0.15, 0.2) is 18.5 Å². The first kappa shape index (κ1) is 14.5. The van der Waals surface area contributed by atoms with E-state index in [0.717, 1.165) is 40.4 Å². The molecule has 0 saturated carbocycles. The van der Waals surface area contributed by atoms with Crippen molar-refractivity contribution in [1.82, 2.24) is 19.5 Å². The molecule has 3 aromatic rings. The van der Waals surface area contributed by atoms with Crippen molar-refractivity contribution in [3.63, 3.8) is 0 Å². The van der Waals surface area contributed by atoms with Gasteiger partial charge in [0.25, 0.3) is 0 Å². The molecule has 110 valence electrons. The Morgan fingerprint density at radius 2 is 2.14 bits per heavy atom. The maximum Gasteiger partial charge on any atom is 0.160 e. The molecule has 0 aliphatic carbocycles. The van der Waals surface area contributed by atoms with Gasteiger partial charge >= 0.3 is 0 Å². The lowest BCUT2D eigenvalue weighted by Crippen LogP contribution is -2.06. The lowest BCUT2D eigenvalue weighted by atomic mass is 10.3. The fourth-order valence-electron chi connectivity index (χ4n) is 2.32. The molecule has 0 fully saturated rings. The summed E-state index contributed by atoms with van der Waals surface area (Å²) in [5.74, 6) is 1.53. The Balaban J connectivity index is 2.03. The summed E-state index contributed by atoms with van der Waals surface area (Å²) in [6.45, 7) is 4.89. The van der Waals surface area contributed by atoms with Crippen molar-refractivity contribution in [2.24, 2.45) is 0 Å². The largest absolute Gasteiger partial charge is 0.306 e. The molecule has 0 saturated heterocycles. The molecule has 0 bridgehead atoms. The van der Waals surface area contributed by atoms with E-state index in [1.165, 1.54) is 4.88 Å². The number of halogens is 1. The second-order valence-electron chi connectivity index (χ2n) is 4.98. The fourth-order valence-corrected chi connectivity index (χ4v) is 3.34. The van der Waals surface area contributed by atoms with E-state index < -0.39 is 0 Å². The molecule has 0 N–H and O–H groups in total. The Labute approximate surface area is 132 Å². The van der Waals surface area contributed by atoms with Gasteiger partial charge in [0.2, 0.25) is 0 Å². The summed E-state index contributed by atoms with van der Waals surface area (Å²) >= 11 is 7.66. The molecule has 0 aromatic carbocycles. The molecule has 0 aliphatic heterocycles. The van der Waals surface area contributed by atoms with Crippen LogP contribution in [-0.2, 0) is 19.4 Å². The number of imidazole rings is 1. The molecular weight excluding hydrogens is 304 g/mol. The molecule has 3 heterocycles. The van der Waals surface area contributed by atoms with Gasteiger partial charge in [-0.2, -0.15) is 0 Å². The summed E-state index contributed by atoms with van der Waals surface area (Å²) in [4.78, 5) is 15.0. The van der Waals surface area contributed by atoms with E-state index in [1.54, 1.807) is 11.3 Å². The van der Waals surface area contributed by atoms with Crippen LogP contribution >= 0.6 is 22.9 Å². The van der Waals surface area contributed by atoms with Gasteiger partial charge in [-0.3, -0.25) is 0 Å². The van der Waals surface area contributed by atoms with Gasteiger partial charge in [0.05, 0.1) is 6.54 Å². The lowest BCUT2D eigenvalue weighted by molar-refractivity contribution is 0.743. The highest BCUT2D eigenvalue weighted by atomic mass is 35.5. The van der Waals surface area contributed by atoms with E-state index in [0.29, 0.717) is 12.4 Å². The summed E-state index contributed by atoms with van der Waals surface area (Å²) in [7, 11) is 0. The highest BCUT2D eigenvalue weighted by molar-refractivity contribution is 7.11. The van der Waals surface area contributed by atoms with Gasteiger partial charge in [-0.25, -0.2) is 15.0 Å². The summed E-state index contributed by atoms with van der Waals surface area (Å²) in [5, 5.41) is 1.09. The third-order valence-corrected chi connectivity index (χ3v) is 4.68. The number of rotatable bonds is 5. The van der Waals surface area contributed by atoms with Gasteiger partial charge in [0.15, 0.2) is 5.65 Å². The number of nitrogens with zero attached hydrogens (tertiary/aromatic N) is 4. The predicted octanol–water partition coefficient (Wildman–Crippen LogP) is 3.59. The minimum atomic E-state index is 0.556. The normalized spacial score (nSPS) is 11.4. The van der Waals surface area contributed by atoms with E-state index in [9.17, 15) is 0 Å². The number of hydrogen-bond donors (Lipinski definition) is 0. The topological polar surface area (TPSA) is 43.6 Å². The first-order valence-electron chi connectivity index (χ1n) is 7.02. The fraction of sp³-hybridized carbons (Fsp3) is 0.400. The Morgan fingerprint density at radius 1 is 1.29 bits per heavy atom. The van der Waals surface area contributed by atoms with E-state index in [-0.39, 0.29) is 0 Å². The molecule has 3 aromatic heterocycles. The first-order chi connectivity index (χ1) is 10.2. The number of aromatic nitrogens is 4. The Morgan fingerprint density at radius 3 is 2.86 bits per heavy atom. The van der Waals surface area contributed by atoms with Crippen molar-refractivity contribution < 1.29 is 0 Å². The van der Waals surface area contributed by atoms with E-state index in [1.807, 2.05) is 19.3 Å². The number of pyridine rings is 1. The average molecular weight is 321 g/mol. The van der Waals surface area contributed by atoms with E-state index in [2.05, 4.69) is 32.5 Å². The quantitative estimate of drug-likeness (QED) is 0.675. The average Bonchev–Trinajstić information content (AvgIpc) is 3.05. The van der Waals surface area contributed by atoms with Crippen molar-refractivity contribution in [2.75, 3.05) is 5.88 Å². The molecule has 0 atom stereocenters. The zero-order chi connectivity index (χ0) is 14.8. The van der Waals surface area contributed by atoms with Gasteiger partial charge in [-0.05, 0) is 25.0 Å². The number of alkyl halides is 1. The number of aryl methyl sites for hydroxylation is 3. The van der Waals surface area contributed by atoms with Crippen LogP contribution in [-0.4, -0.2) is 25.4 Å². The first-order valence-corrected chi connectivity index (χ1v) is 8.37. The zero-order valence-electron chi connectivity index (χ0n) is 12.1. The van der Waals surface area contributed by atoms with Crippen LogP contribution in [0.25, 0.3) is 11.2 Å². The Hall–Kier alpha value is -1.46. The third kappa shape index (κ3) is 2.94. The second-order valence-corrected chi connectivity index (χ2v) is 6.56. The van der Waals surface area contributed by atoms with Crippen LogP contribution in [0.1, 0.15) is 28.2 Å². The summed E-state index contributed by atoms with van der Waals surface area (Å²) in [6, 6.07) is 2.07. The van der Waals surface area contributed by atoms with Gasteiger partial charge in [-0.15, -0.1) is 22.9 Å². The van der Waals surface area contributed by atoms with Gasteiger partial charge < -0.3 is 4.57 Å². The van der Waals surface area contributed by atoms with Crippen LogP contribution in [0.4, 0.5) is 0 Å². The second kappa shape index (κ2) is 6.12. The van der Waals surface area contributed by atoms with Crippen LogP contribution in [0.2, 0.25) is 0 Å². The summed E-state index contributed by atoms with van der Waals surface area (Å²) in [5.41, 5.74) is 2.96. The Kier molecular flexibility index (Phi) is 4.22. The summed E-state index contributed by atoms with van der Waals surface area (Å²) < 4.78 is 2.13. The zero-order valence-corrected chi connectivity index (χ0v) is 13.7. The molecule has 6 heteroatoms. The van der Waals surface area contributed by atoms with Gasteiger partial charge in [-0.1, -0.05) is 6.92 Å². The highest BCUT2D eigenvalue weighted by Crippen LogP contribution is 2.20. The maximum atomic E-state index is 5.91. The third-order valence-electron chi connectivity index (χ3n) is 3.36. The van der Waals surface area contributed by atoms with Gasteiger partial charge in [0.1, 0.15) is 16.3 Å². The van der Waals surface area contributed by atoms with Crippen molar-refractivity contribution in [3.05, 3.63) is 39.7 Å². The standard InChI is InChI=1S/C15H17ClN4S/c1-3-11-8-17-14(21-11)9-20-13(4-5-16)19-12-6-10(2)7-18-15(12)20/h6-8H,3-5,9H2,1-2H3. The molecule has 0 radical (unpaired) electrons. The maximum absolute atomic E-state index is 5.91. The smallest absolute Gasteiger partial charge is 0.160 e. The monoisotopic (exact) mass is 320 g/mol. The minimum Gasteiger partial charge on any atom is -0.306 e. The van der Waals surface area contributed by atoms with Crippen LogP contribution in [0.3, 0.4) is 0 Å². The molecule has 0 aliphatic rings. The molecule has 21 heavy (non-hydrogen) atoms. The lowest BCUT2D eigenvalue weighted by Gasteiger charge is -2.05. The summed E-state index contributed by atoms with van der Waals surface area (Å²) in [6.07, 6.45) is 5.60. The van der Waals surface area contributed by atoms with Gasteiger partial charge in [0, 0.05) is 29.6 Å².